The first-order valence-corrected chi connectivity index (χ1v) is 9.18. The fourth-order valence-corrected chi connectivity index (χ4v) is 3.43. The largest absolute Gasteiger partial charge is 0.471 e. The van der Waals surface area contributed by atoms with Crippen LogP contribution in [0.15, 0.2) is 43.0 Å². The lowest BCUT2D eigenvalue weighted by molar-refractivity contribution is 0.181. The minimum Gasteiger partial charge on any atom is -0.471 e. The van der Waals surface area contributed by atoms with E-state index in [1.165, 1.54) is 12.0 Å². The van der Waals surface area contributed by atoms with Crippen molar-refractivity contribution < 1.29 is 9.47 Å². The molecule has 4 rings (SSSR count). The monoisotopic (exact) mass is 398 g/mol. The van der Waals surface area contributed by atoms with E-state index in [-0.39, 0.29) is 12.4 Å². The zero-order valence-corrected chi connectivity index (χ0v) is 16.6. The number of hydrogen-bond donors (Lipinski definition) is 0. The smallest absolute Gasteiger partial charge is 0.214 e. The topological polar surface area (TPSA) is 70.0 Å². The maximum atomic E-state index is 6.00. The molecule has 7 heteroatoms. The van der Waals surface area contributed by atoms with Crippen molar-refractivity contribution >= 4 is 12.4 Å². The van der Waals surface area contributed by atoms with Crippen molar-refractivity contribution in [1.29, 1.82) is 0 Å². The van der Waals surface area contributed by atoms with Crippen LogP contribution < -0.4 is 4.74 Å². The van der Waals surface area contributed by atoms with Gasteiger partial charge in [-0.1, -0.05) is 6.07 Å². The highest BCUT2D eigenvalue weighted by Crippen LogP contribution is 2.33. The molecule has 0 spiro atoms. The van der Waals surface area contributed by atoms with E-state index in [0.717, 1.165) is 47.5 Å². The van der Waals surface area contributed by atoms with Crippen LogP contribution in [0.4, 0.5) is 0 Å². The van der Waals surface area contributed by atoms with Crippen LogP contribution in [0.3, 0.4) is 0 Å². The SMILES string of the molecule is COCc1cccc(COc2cc(-c3cncnc3)c3c(n2)CCCC3)n1.Cl. The van der Waals surface area contributed by atoms with Crippen molar-refractivity contribution in [3.05, 3.63) is 65.6 Å². The zero-order chi connectivity index (χ0) is 18.5. The molecule has 0 fully saturated rings. The summed E-state index contributed by atoms with van der Waals surface area (Å²) in [6.07, 6.45) is 9.60. The Bertz CT molecular complexity index is 922. The predicted octanol–water partition coefficient (Wildman–Crippen LogP) is 3.96. The molecule has 0 saturated carbocycles. The van der Waals surface area contributed by atoms with E-state index >= 15 is 0 Å². The van der Waals surface area contributed by atoms with Crippen molar-refractivity contribution in [1.82, 2.24) is 19.9 Å². The first-order chi connectivity index (χ1) is 13.3. The summed E-state index contributed by atoms with van der Waals surface area (Å²) in [6.45, 7) is 0.858. The summed E-state index contributed by atoms with van der Waals surface area (Å²) in [7, 11) is 1.66. The highest BCUT2D eigenvalue weighted by atomic mass is 35.5. The third-order valence-corrected chi connectivity index (χ3v) is 4.67. The molecule has 1 aliphatic carbocycles. The minimum absolute atomic E-state index is 0. The molecular formula is C21H23ClN4O2. The number of ether oxygens (including phenoxy) is 2. The summed E-state index contributed by atoms with van der Waals surface area (Å²) < 4.78 is 11.1. The van der Waals surface area contributed by atoms with Gasteiger partial charge in [0.05, 0.1) is 18.0 Å². The summed E-state index contributed by atoms with van der Waals surface area (Å²) in [5.74, 6) is 0.619. The van der Waals surface area contributed by atoms with Gasteiger partial charge in [-0.15, -0.1) is 12.4 Å². The van der Waals surface area contributed by atoms with E-state index in [4.69, 9.17) is 14.5 Å². The molecule has 6 nitrogen and oxygen atoms in total. The number of methoxy groups -OCH3 is 1. The molecular weight excluding hydrogens is 376 g/mol. The standard InChI is InChI=1S/C21H22N4O2.ClH/c1-26-12-16-5-4-6-17(24-16)13-27-21-9-19(15-10-22-14-23-11-15)18-7-2-3-8-20(18)25-21;/h4-6,9-11,14H,2-3,7-8,12-13H2,1H3;1H. The third kappa shape index (κ3) is 4.64. The molecule has 3 heterocycles. The lowest BCUT2D eigenvalue weighted by Crippen LogP contribution is -2.10. The molecule has 0 N–H and O–H groups in total. The van der Waals surface area contributed by atoms with Crippen LogP contribution in [0.25, 0.3) is 11.1 Å². The Morgan fingerprint density at radius 1 is 0.964 bits per heavy atom. The number of rotatable bonds is 6. The third-order valence-electron chi connectivity index (χ3n) is 4.67. The number of aromatic nitrogens is 4. The minimum atomic E-state index is 0. The van der Waals surface area contributed by atoms with Crippen molar-refractivity contribution in [3.63, 3.8) is 0 Å². The molecule has 28 heavy (non-hydrogen) atoms. The molecule has 3 aromatic rings. The first kappa shape index (κ1) is 20.2. The Balaban J connectivity index is 0.00000225. The van der Waals surface area contributed by atoms with Crippen LogP contribution in [0.2, 0.25) is 0 Å². The summed E-state index contributed by atoms with van der Waals surface area (Å²) in [5, 5.41) is 0. The lowest BCUT2D eigenvalue weighted by atomic mass is 9.90. The second kappa shape index (κ2) is 9.57. The maximum Gasteiger partial charge on any atom is 0.214 e. The molecule has 0 aromatic carbocycles. The highest BCUT2D eigenvalue weighted by Gasteiger charge is 2.18. The van der Waals surface area contributed by atoms with E-state index in [9.17, 15) is 0 Å². The van der Waals surface area contributed by atoms with Gasteiger partial charge in [-0.3, -0.25) is 4.98 Å². The van der Waals surface area contributed by atoms with E-state index < -0.39 is 0 Å². The molecule has 0 bridgehead atoms. The number of nitrogens with zero attached hydrogens (tertiary/aromatic N) is 4. The molecule has 3 aromatic heterocycles. The Morgan fingerprint density at radius 3 is 2.50 bits per heavy atom. The zero-order valence-electron chi connectivity index (χ0n) is 15.8. The van der Waals surface area contributed by atoms with Crippen LogP contribution in [0, 0.1) is 0 Å². The van der Waals surface area contributed by atoms with Crippen LogP contribution in [0.5, 0.6) is 5.88 Å². The van der Waals surface area contributed by atoms with Gasteiger partial charge in [-0.05, 0) is 48.9 Å². The van der Waals surface area contributed by atoms with Crippen LogP contribution in [-0.4, -0.2) is 27.0 Å². The number of aryl methyl sites for hydroxylation is 1. The van der Waals surface area contributed by atoms with Crippen molar-refractivity contribution in [3.8, 4) is 17.0 Å². The second-order valence-corrected chi connectivity index (χ2v) is 6.61. The van der Waals surface area contributed by atoms with Gasteiger partial charge in [0.15, 0.2) is 0 Å². The highest BCUT2D eigenvalue weighted by molar-refractivity contribution is 5.85. The average Bonchev–Trinajstić information content (AvgIpc) is 2.73. The van der Waals surface area contributed by atoms with Gasteiger partial charge in [0.25, 0.3) is 0 Å². The molecule has 0 amide bonds. The fraction of sp³-hybridized carbons (Fsp3) is 0.333. The average molecular weight is 399 g/mol. The van der Waals surface area contributed by atoms with Gasteiger partial charge in [0, 0.05) is 36.8 Å². The molecule has 0 atom stereocenters. The van der Waals surface area contributed by atoms with Gasteiger partial charge in [-0.25, -0.2) is 15.0 Å². The van der Waals surface area contributed by atoms with Gasteiger partial charge in [0.2, 0.25) is 5.88 Å². The number of pyridine rings is 2. The van der Waals surface area contributed by atoms with Crippen LogP contribution >= 0.6 is 12.4 Å². The van der Waals surface area contributed by atoms with Gasteiger partial charge < -0.3 is 9.47 Å². The van der Waals surface area contributed by atoms with E-state index in [2.05, 4.69) is 15.0 Å². The van der Waals surface area contributed by atoms with Crippen molar-refractivity contribution in [2.75, 3.05) is 7.11 Å². The van der Waals surface area contributed by atoms with Crippen molar-refractivity contribution in [2.45, 2.75) is 38.9 Å². The fourth-order valence-electron chi connectivity index (χ4n) is 3.43. The molecule has 0 aliphatic heterocycles. The van der Waals surface area contributed by atoms with E-state index in [0.29, 0.717) is 19.1 Å². The van der Waals surface area contributed by atoms with Gasteiger partial charge >= 0.3 is 0 Å². The Morgan fingerprint density at radius 2 is 1.71 bits per heavy atom. The predicted molar refractivity (Wildman–Crippen MR) is 108 cm³/mol. The van der Waals surface area contributed by atoms with Crippen molar-refractivity contribution in [2.24, 2.45) is 0 Å². The number of halogens is 1. The van der Waals surface area contributed by atoms with Gasteiger partial charge in [-0.2, -0.15) is 0 Å². The summed E-state index contributed by atoms with van der Waals surface area (Å²) in [5.41, 5.74) is 6.29. The summed E-state index contributed by atoms with van der Waals surface area (Å²) in [4.78, 5) is 17.6. The van der Waals surface area contributed by atoms with Crippen LogP contribution in [-0.2, 0) is 30.8 Å². The first-order valence-electron chi connectivity index (χ1n) is 9.18. The van der Waals surface area contributed by atoms with E-state index in [1.54, 1.807) is 13.4 Å². The Kier molecular flexibility index (Phi) is 6.90. The normalized spacial score (nSPS) is 12.8. The second-order valence-electron chi connectivity index (χ2n) is 6.61. The molecule has 146 valence electrons. The number of hydrogen-bond acceptors (Lipinski definition) is 6. The van der Waals surface area contributed by atoms with Crippen LogP contribution in [0.1, 0.15) is 35.5 Å². The number of fused-ring (bicyclic) bond motifs is 1. The molecule has 0 saturated heterocycles. The summed E-state index contributed by atoms with van der Waals surface area (Å²) >= 11 is 0. The molecule has 1 aliphatic rings. The van der Waals surface area contributed by atoms with Gasteiger partial charge in [0.1, 0.15) is 12.9 Å². The quantitative estimate of drug-likeness (QED) is 0.626. The van der Waals surface area contributed by atoms with E-state index in [1.807, 2.05) is 36.7 Å². The summed E-state index contributed by atoms with van der Waals surface area (Å²) in [6, 6.07) is 7.86. The lowest BCUT2D eigenvalue weighted by Gasteiger charge is -2.20. The molecule has 0 radical (unpaired) electrons. The maximum absolute atomic E-state index is 6.00. The molecule has 0 unspecified atom stereocenters. The Hall–Kier alpha value is -2.57. The Labute approximate surface area is 170 Å².